The maximum atomic E-state index is 14.0. The van der Waals surface area contributed by atoms with Crippen LogP contribution in [-0.4, -0.2) is 24.5 Å². The highest BCUT2D eigenvalue weighted by molar-refractivity contribution is 6.30. The smallest absolute Gasteiger partial charge is 0.256 e. The van der Waals surface area contributed by atoms with E-state index in [0.29, 0.717) is 35.8 Å². The van der Waals surface area contributed by atoms with Gasteiger partial charge in [-0.1, -0.05) is 61.0 Å². The Morgan fingerprint density at radius 1 is 1.14 bits per heavy atom. The zero-order valence-electron chi connectivity index (χ0n) is 20.5. The first-order valence-corrected chi connectivity index (χ1v) is 12.3. The lowest BCUT2D eigenvalue weighted by atomic mass is 9.97. The van der Waals surface area contributed by atoms with Gasteiger partial charge in [-0.3, -0.25) is 9.59 Å². The summed E-state index contributed by atoms with van der Waals surface area (Å²) in [5, 5.41) is 3.23. The maximum absolute atomic E-state index is 14.0. The molecule has 0 aromatic heterocycles. The van der Waals surface area contributed by atoms with Crippen LogP contribution < -0.4 is 16.0 Å². The Labute approximate surface area is 227 Å². The van der Waals surface area contributed by atoms with Crippen LogP contribution in [0.2, 0.25) is 5.02 Å². The molecule has 2 unspecified atom stereocenters. The standard InChI is InChI=1S/C28H29ClFN3O3.ClH/c1-2-12-33-24-11-10-21(29)14-22(24)27(19-8-5-6-18(13-19)16-31)36-25(28(33)35)15-26(34)32-17-20-7-3-4-9-23(20)30;/h3-11,13-14,25,27H,2,12,15-17,31H2,1H3,(H,32,34);1H. The number of carbonyl (C=O) groups excluding carboxylic acids is 2. The lowest BCUT2D eigenvalue weighted by Gasteiger charge is -2.24. The molecule has 0 saturated heterocycles. The van der Waals surface area contributed by atoms with Crippen molar-refractivity contribution in [1.29, 1.82) is 0 Å². The molecule has 2 atom stereocenters. The van der Waals surface area contributed by atoms with Crippen molar-refractivity contribution < 1.29 is 18.7 Å². The van der Waals surface area contributed by atoms with E-state index in [1.54, 1.807) is 35.2 Å². The molecule has 0 aliphatic carbocycles. The van der Waals surface area contributed by atoms with E-state index < -0.39 is 23.9 Å². The molecule has 1 aliphatic heterocycles. The van der Waals surface area contributed by atoms with Crippen LogP contribution in [0.25, 0.3) is 0 Å². The van der Waals surface area contributed by atoms with Gasteiger partial charge in [0.25, 0.3) is 5.91 Å². The number of fused-ring (bicyclic) bond motifs is 1. The lowest BCUT2D eigenvalue weighted by molar-refractivity contribution is -0.138. The molecule has 9 heteroatoms. The molecular weight excluding hydrogens is 516 g/mol. The molecule has 3 aromatic rings. The number of halogens is 3. The number of nitrogens with one attached hydrogen (secondary N) is 1. The Hall–Kier alpha value is -2.97. The quantitative estimate of drug-likeness (QED) is 0.402. The highest BCUT2D eigenvalue weighted by Gasteiger charge is 2.37. The number of nitrogens with zero attached hydrogens (tertiary/aromatic N) is 1. The Balaban J connectivity index is 0.00000380. The van der Waals surface area contributed by atoms with Crippen molar-refractivity contribution >= 4 is 41.5 Å². The van der Waals surface area contributed by atoms with E-state index in [2.05, 4.69) is 5.32 Å². The van der Waals surface area contributed by atoms with Crippen molar-refractivity contribution in [1.82, 2.24) is 5.32 Å². The number of hydrogen-bond acceptors (Lipinski definition) is 4. The molecule has 0 radical (unpaired) electrons. The van der Waals surface area contributed by atoms with Gasteiger partial charge in [-0.05, 0) is 41.8 Å². The van der Waals surface area contributed by atoms with Crippen LogP contribution >= 0.6 is 24.0 Å². The molecule has 2 amide bonds. The van der Waals surface area contributed by atoms with Crippen LogP contribution in [0.5, 0.6) is 0 Å². The minimum Gasteiger partial charge on any atom is -0.355 e. The molecule has 4 rings (SSSR count). The van der Waals surface area contributed by atoms with Crippen molar-refractivity contribution in [2.24, 2.45) is 5.73 Å². The zero-order chi connectivity index (χ0) is 25.7. The SMILES string of the molecule is CCCN1C(=O)C(CC(=O)NCc2ccccc2F)OC(c2cccc(CN)c2)c2cc(Cl)ccc21.Cl. The van der Waals surface area contributed by atoms with Gasteiger partial charge < -0.3 is 20.7 Å². The molecule has 3 N–H and O–H groups in total. The number of ether oxygens (including phenoxy) is 1. The molecule has 3 aromatic carbocycles. The van der Waals surface area contributed by atoms with Crippen molar-refractivity contribution in [3.05, 3.63) is 99.8 Å². The molecule has 0 spiro atoms. The van der Waals surface area contributed by atoms with Crippen LogP contribution in [0.4, 0.5) is 10.1 Å². The number of benzene rings is 3. The summed E-state index contributed by atoms with van der Waals surface area (Å²) in [7, 11) is 0. The number of nitrogens with two attached hydrogens (primary N) is 1. The summed E-state index contributed by atoms with van der Waals surface area (Å²) in [4.78, 5) is 28.2. The van der Waals surface area contributed by atoms with Crippen LogP contribution in [0.15, 0.2) is 66.7 Å². The molecule has 0 bridgehead atoms. The van der Waals surface area contributed by atoms with Gasteiger partial charge in [0.2, 0.25) is 5.91 Å². The topological polar surface area (TPSA) is 84.7 Å². The third kappa shape index (κ3) is 6.67. The van der Waals surface area contributed by atoms with Gasteiger partial charge in [-0.2, -0.15) is 0 Å². The summed E-state index contributed by atoms with van der Waals surface area (Å²) < 4.78 is 20.4. The largest absolute Gasteiger partial charge is 0.355 e. The fraction of sp³-hybridized carbons (Fsp3) is 0.286. The number of hydrogen-bond donors (Lipinski definition) is 2. The van der Waals surface area contributed by atoms with Crippen LogP contribution in [0.1, 0.15) is 48.1 Å². The second-order valence-electron chi connectivity index (χ2n) is 8.72. The summed E-state index contributed by atoms with van der Waals surface area (Å²) in [6, 6.07) is 19.2. The molecule has 6 nitrogen and oxygen atoms in total. The summed E-state index contributed by atoms with van der Waals surface area (Å²) in [6.07, 6.45) is -1.18. The molecule has 0 saturated carbocycles. The van der Waals surface area contributed by atoms with Gasteiger partial charge in [-0.25, -0.2) is 4.39 Å². The molecule has 1 heterocycles. The number of carbonyl (C=O) groups is 2. The summed E-state index contributed by atoms with van der Waals surface area (Å²) in [5.41, 5.74) is 9.40. The van der Waals surface area contributed by atoms with E-state index >= 15 is 0 Å². The third-order valence-corrected chi connectivity index (χ3v) is 6.38. The Morgan fingerprint density at radius 3 is 2.65 bits per heavy atom. The van der Waals surface area contributed by atoms with Gasteiger partial charge in [0.05, 0.1) is 6.42 Å². The highest BCUT2D eigenvalue weighted by atomic mass is 35.5. The number of anilines is 1. The monoisotopic (exact) mass is 545 g/mol. The molecule has 37 heavy (non-hydrogen) atoms. The van der Waals surface area contributed by atoms with Crippen molar-refractivity contribution in [2.75, 3.05) is 11.4 Å². The first-order chi connectivity index (χ1) is 17.4. The fourth-order valence-electron chi connectivity index (χ4n) is 4.38. The van der Waals surface area contributed by atoms with Gasteiger partial charge in [0, 0.05) is 41.5 Å². The van der Waals surface area contributed by atoms with Gasteiger partial charge in [0.15, 0.2) is 0 Å². The van der Waals surface area contributed by atoms with Gasteiger partial charge >= 0.3 is 0 Å². The summed E-state index contributed by atoms with van der Waals surface area (Å²) in [5.74, 6) is -1.12. The predicted octanol–water partition coefficient (Wildman–Crippen LogP) is 5.30. The van der Waals surface area contributed by atoms with Crippen LogP contribution in [0.3, 0.4) is 0 Å². The number of rotatable bonds is 8. The van der Waals surface area contributed by atoms with Crippen molar-refractivity contribution in [2.45, 2.75) is 45.1 Å². The Bertz CT molecular complexity index is 1260. The Morgan fingerprint density at radius 2 is 1.92 bits per heavy atom. The molecular formula is C28H30Cl2FN3O3. The van der Waals surface area contributed by atoms with Crippen molar-refractivity contribution in [3.8, 4) is 0 Å². The molecule has 196 valence electrons. The summed E-state index contributed by atoms with van der Waals surface area (Å²) in [6.45, 7) is 2.81. The zero-order valence-corrected chi connectivity index (χ0v) is 22.0. The van der Waals surface area contributed by atoms with Gasteiger partial charge in [0.1, 0.15) is 18.0 Å². The normalized spacial score (nSPS) is 17.0. The number of amides is 2. The maximum Gasteiger partial charge on any atom is 0.256 e. The van der Waals surface area contributed by atoms with E-state index in [-0.39, 0.29) is 31.3 Å². The highest BCUT2D eigenvalue weighted by Crippen LogP contribution is 2.40. The van der Waals surface area contributed by atoms with E-state index in [9.17, 15) is 14.0 Å². The second kappa shape index (κ2) is 13.0. The van der Waals surface area contributed by atoms with Crippen LogP contribution in [0, 0.1) is 5.82 Å². The van der Waals surface area contributed by atoms with Crippen molar-refractivity contribution in [3.63, 3.8) is 0 Å². The minimum absolute atomic E-state index is 0. The minimum atomic E-state index is -1.05. The van der Waals surface area contributed by atoms with E-state index in [1.165, 1.54) is 6.07 Å². The van der Waals surface area contributed by atoms with E-state index in [1.807, 2.05) is 37.3 Å². The Kier molecular flexibility index (Phi) is 10.1. The molecule has 0 fully saturated rings. The fourth-order valence-corrected chi connectivity index (χ4v) is 4.56. The average Bonchev–Trinajstić information content (AvgIpc) is 2.99. The lowest BCUT2D eigenvalue weighted by Crippen LogP contribution is -2.42. The predicted molar refractivity (Wildman–Crippen MR) is 145 cm³/mol. The average molecular weight is 546 g/mol. The summed E-state index contributed by atoms with van der Waals surface area (Å²) >= 11 is 6.36. The van der Waals surface area contributed by atoms with Gasteiger partial charge in [-0.15, -0.1) is 12.4 Å². The molecule has 1 aliphatic rings. The third-order valence-electron chi connectivity index (χ3n) is 6.15. The van der Waals surface area contributed by atoms with E-state index in [4.69, 9.17) is 22.1 Å². The van der Waals surface area contributed by atoms with Crippen LogP contribution in [-0.2, 0) is 27.4 Å². The first kappa shape index (κ1) is 28.6. The second-order valence-corrected chi connectivity index (χ2v) is 9.16. The van der Waals surface area contributed by atoms with E-state index in [0.717, 1.165) is 16.7 Å². The first-order valence-electron chi connectivity index (χ1n) is 12.0.